The molecule has 2 amide bonds. The Morgan fingerprint density at radius 1 is 1.40 bits per heavy atom. The fraction of sp³-hybridized carbons (Fsp3) is 0.462. The first-order valence-corrected chi connectivity index (χ1v) is 6.41. The summed E-state index contributed by atoms with van der Waals surface area (Å²) >= 11 is 0. The molecule has 0 aliphatic carbocycles. The number of hydrogen-bond donors (Lipinski definition) is 1. The standard InChI is InChI=1S/C13H17N3O4/c1-9-7-15(8-10(2)20-9)13(17)14-11-4-3-5-12(6-11)16(18)19/h3-6,9-10H,7-8H2,1-2H3,(H,14,17)/t9-,10-/m1/s1. The lowest BCUT2D eigenvalue weighted by Gasteiger charge is -2.35. The molecule has 1 aliphatic rings. The molecule has 0 bridgehead atoms. The lowest BCUT2D eigenvalue weighted by Crippen LogP contribution is -2.49. The number of carbonyl (C=O) groups is 1. The molecule has 1 saturated heterocycles. The Hall–Kier alpha value is -2.15. The van der Waals surface area contributed by atoms with Crippen molar-refractivity contribution in [2.45, 2.75) is 26.1 Å². The molecular weight excluding hydrogens is 262 g/mol. The summed E-state index contributed by atoms with van der Waals surface area (Å²) in [5.74, 6) is 0. The van der Waals surface area contributed by atoms with E-state index in [2.05, 4.69) is 5.32 Å². The number of carbonyl (C=O) groups excluding carboxylic acids is 1. The summed E-state index contributed by atoms with van der Waals surface area (Å²) in [6.45, 7) is 4.82. The van der Waals surface area contributed by atoms with E-state index in [1.165, 1.54) is 18.2 Å². The van der Waals surface area contributed by atoms with Gasteiger partial charge in [-0.15, -0.1) is 0 Å². The number of nitro benzene ring substituents is 1. The quantitative estimate of drug-likeness (QED) is 0.664. The average Bonchev–Trinajstić information content (AvgIpc) is 2.37. The van der Waals surface area contributed by atoms with Gasteiger partial charge >= 0.3 is 6.03 Å². The van der Waals surface area contributed by atoms with Gasteiger partial charge in [-0.05, 0) is 19.9 Å². The highest BCUT2D eigenvalue weighted by molar-refractivity contribution is 5.89. The van der Waals surface area contributed by atoms with Gasteiger partial charge in [0.2, 0.25) is 0 Å². The zero-order valence-electron chi connectivity index (χ0n) is 11.4. The first kappa shape index (κ1) is 14.3. The second kappa shape index (κ2) is 5.87. The maximum Gasteiger partial charge on any atom is 0.322 e. The lowest BCUT2D eigenvalue weighted by atomic mass is 10.2. The number of rotatable bonds is 2. The molecule has 1 aromatic rings. The SMILES string of the molecule is C[C@@H]1CN(C(=O)Nc2cccc([N+](=O)[O-])c2)C[C@@H](C)O1. The molecule has 1 aliphatic heterocycles. The number of urea groups is 1. The van der Waals surface area contributed by atoms with Gasteiger partial charge in [0.25, 0.3) is 5.69 Å². The molecule has 1 fully saturated rings. The highest BCUT2D eigenvalue weighted by Gasteiger charge is 2.26. The third kappa shape index (κ3) is 3.45. The van der Waals surface area contributed by atoms with E-state index in [4.69, 9.17) is 4.74 Å². The van der Waals surface area contributed by atoms with Crippen molar-refractivity contribution in [1.82, 2.24) is 4.90 Å². The lowest BCUT2D eigenvalue weighted by molar-refractivity contribution is -0.384. The van der Waals surface area contributed by atoms with Crippen molar-refractivity contribution in [1.29, 1.82) is 0 Å². The van der Waals surface area contributed by atoms with Gasteiger partial charge in [-0.3, -0.25) is 10.1 Å². The number of nitrogens with one attached hydrogen (secondary N) is 1. The van der Waals surface area contributed by atoms with Crippen LogP contribution in [-0.4, -0.2) is 41.2 Å². The Labute approximate surface area is 116 Å². The zero-order chi connectivity index (χ0) is 14.7. The minimum Gasteiger partial charge on any atom is -0.372 e. The minimum atomic E-state index is -0.492. The van der Waals surface area contributed by atoms with Crippen LogP contribution in [0.15, 0.2) is 24.3 Å². The summed E-state index contributed by atoms with van der Waals surface area (Å²) in [4.78, 5) is 24.0. The second-order valence-corrected chi connectivity index (χ2v) is 4.90. The van der Waals surface area contributed by atoms with Crippen LogP contribution >= 0.6 is 0 Å². The predicted molar refractivity (Wildman–Crippen MR) is 73.7 cm³/mol. The summed E-state index contributed by atoms with van der Waals surface area (Å²) < 4.78 is 5.56. The molecule has 7 heteroatoms. The van der Waals surface area contributed by atoms with Crippen LogP contribution in [0.3, 0.4) is 0 Å². The van der Waals surface area contributed by atoms with Gasteiger partial charge < -0.3 is 15.0 Å². The Balaban J connectivity index is 2.04. The van der Waals surface area contributed by atoms with Gasteiger partial charge in [-0.1, -0.05) is 6.07 Å². The summed E-state index contributed by atoms with van der Waals surface area (Å²) in [5, 5.41) is 13.4. The number of benzene rings is 1. The number of ether oxygens (including phenoxy) is 1. The fourth-order valence-electron chi connectivity index (χ4n) is 2.24. The summed E-state index contributed by atoms with van der Waals surface area (Å²) in [6, 6.07) is 5.61. The molecule has 0 saturated carbocycles. The molecule has 20 heavy (non-hydrogen) atoms. The van der Waals surface area contributed by atoms with Crippen LogP contribution in [-0.2, 0) is 4.74 Å². The zero-order valence-corrected chi connectivity index (χ0v) is 11.4. The van der Waals surface area contributed by atoms with Gasteiger partial charge in [0.1, 0.15) is 0 Å². The van der Waals surface area contributed by atoms with Gasteiger partial charge in [-0.2, -0.15) is 0 Å². The third-order valence-corrected chi connectivity index (χ3v) is 3.02. The maximum absolute atomic E-state index is 12.1. The van der Waals surface area contributed by atoms with E-state index in [9.17, 15) is 14.9 Å². The summed E-state index contributed by atoms with van der Waals surface area (Å²) in [5.41, 5.74) is 0.363. The molecule has 1 heterocycles. The topological polar surface area (TPSA) is 84.7 Å². The van der Waals surface area contributed by atoms with Crippen molar-refractivity contribution in [3.05, 3.63) is 34.4 Å². The highest BCUT2D eigenvalue weighted by Crippen LogP contribution is 2.18. The van der Waals surface area contributed by atoms with E-state index in [1.54, 1.807) is 11.0 Å². The number of nitro groups is 1. The molecule has 108 valence electrons. The first-order valence-electron chi connectivity index (χ1n) is 6.41. The Morgan fingerprint density at radius 3 is 2.65 bits per heavy atom. The van der Waals surface area contributed by atoms with Crippen LogP contribution in [0.25, 0.3) is 0 Å². The Bertz CT molecular complexity index is 510. The molecule has 0 aromatic heterocycles. The number of non-ortho nitro benzene ring substituents is 1. The van der Waals surface area contributed by atoms with Gasteiger partial charge in [-0.25, -0.2) is 4.79 Å². The molecular formula is C13H17N3O4. The van der Waals surface area contributed by atoms with Crippen LogP contribution in [0, 0.1) is 10.1 Å². The maximum atomic E-state index is 12.1. The van der Waals surface area contributed by atoms with Crippen molar-refractivity contribution in [3.8, 4) is 0 Å². The third-order valence-electron chi connectivity index (χ3n) is 3.02. The van der Waals surface area contributed by atoms with Crippen molar-refractivity contribution in [3.63, 3.8) is 0 Å². The van der Waals surface area contributed by atoms with E-state index < -0.39 is 4.92 Å². The number of amides is 2. The van der Waals surface area contributed by atoms with E-state index in [0.29, 0.717) is 18.8 Å². The molecule has 0 spiro atoms. The predicted octanol–water partition coefficient (Wildman–Crippen LogP) is 2.24. The monoisotopic (exact) mass is 279 g/mol. The fourth-order valence-corrected chi connectivity index (χ4v) is 2.24. The van der Waals surface area contributed by atoms with Crippen LogP contribution in [0.1, 0.15) is 13.8 Å². The first-order chi connectivity index (χ1) is 9.45. The Kier molecular flexibility index (Phi) is 4.19. The summed E-state index contributed by atoms with van der Waals surface area (Å²) in [7, 11) is 0. The van der Waals surface area contributed by atoms with Crippen LogP contribution in [0.4, 0.5) is 16.2 Å². The van der Waals surface area contributed by atoms with Gasteiger partial charge in [0, 0.05) is 30.9 Å². The van der Waals surface area contributed by atoms with Crippen molar-refractivity contribution >= 4 is 17.4 Å². The molecule has 2 rings (SSSR count). The second-order valence-electron chi connectivity index (χ2n) is 4.90. The number of anilines is 1. The van der Waals surface area contributed by atoms with Gasteiger partial charge in [0.05, 0.1) is 17.1 Å². The van der Waals surface area contributed by atoms with Crippen molar-refractivity contribution in [2.75, 3.05) is 18.4 Å². The highest BCUT2D eigenvalue weighted by atomic mass is 16.6. The van der Waals surface area contributed by atoms with Crippen molar-refractivity contribution < 1.29 is 14.5 Å². The van der Waals surface area contributed by atoms with E-state index >= 15 is 0 Å². The smallest absolute Gasteiger partial charge is 0.322 e. The average molecular weight is 279 g/mol. The molecule has 1 N–H and O–H groups in total. The molecule has 2 atom stereocenters. The van der Waals surface area contributed by atoms with E-state index in [-0.39, 0.29) is 23.9 Å². The summed E-state index contributed by atoms with van der Waals surface area (Å²) in [6.07, 6.45) is -0.0378. The number of nitrogens with zero attached hydrogens (tertiary/aromatic N) is 2. The largest absolute Gasteiger partial charge is 0.372 e. The van der Waals surface area contributed by atoms with Crippen LogP contribution < -0.4 is 5.32 Å². The Morgan fingerprint density at radius 2 is 2.05 bits per heavy atom. The minimum absolute atomic E-state index is 0.0189. The number of morpholine rings is 1. The molecule has 7 nitrogen and oxygen atoms in total. The van der Waals surface area contributed by atoms with E-state index in [1.807, 2.05) is 13.8 Å². The normalized spacial score (nSPS) is 22.4. The van der Waals surface area contributed by atoms with Gasteiger partial charge in [0.15, 0.2) is 0 Å². The molecule has 0 radical (unpaired) electrons. The van der Waals surface area contributed by atoms with Crippen LogP contribution in [0.5, 0.6) is 0 Å². The number of hydrogen-bond acceptors (Lipinski definition) is 4. The van der Waals surface area contributed by atoms with E-state index in [0.717, 1.165) is 0 Å². The molecule has 1 aromatic carbocycles. The van der Waals surface area contributed by atoms with Crippen LogP contribution in [0.2, 0.25) is 0 Å². The molecule has 0 unspecified atom stereocenters. The van der Waals surface area contributed by atoms with Crippen molar-refractivity contribution in [2.24, 2.45) is 0 Å².